The summed E-state index contributed by atoms with van der Waals surface area (Å²) in [5.41, 5.74) is 0.176. The molecule has 1 radical (unpaired) electrons. The van der Waals surface area contributed by atoms with Crippen molar-refractivity contribution in [2.45, 2.75) is 43.5 Å². The molecular weight excluding hydrogens is 225 g/mol. The van der Waals surface area contributed by atoms with E-state index in [0.717, 1.165) is 0 Å². The molecule has 1 N–H and O–H groups in total. The Balaban J connectivity index is 0. The Morgan fingerprint density at radius 1 is 1.23 bits per heavy atom. The SMILES string of the molecule is C=C(C)C(=O)O.C[CH2][Ge]([CH2]C)[CH2]C. The standard InChI is InChI=1S/C6H15Ge.C4H6O2/c1-4-7(5-2)6-3;1-3(2)4(5)6/h4-6H2,1-3H3;1H2,2H3,(H,5,6). The summed E-state index contributed by atoms with van der Waals surface area (Å²) in [6, 6.07) is 0. The number of carboxylic acids is 1. The topological polar surface area (TPSA) is 37.3 Å². The fourth-order valence-electron chi connectivity index (χ4n) is 0.750. The van der Waals surface area contributed by atoms with Crippen molar-refractivity contribution in [1.82, 2.24) is 0 Å². The van der Waals surface area contributed by atoms with Crippen LogP contribution in [0, 0.1) is 0 Å². The van der Waals surface area contributed by atoms with Gasteiger partial charge in [0.2, 0.25) is 0 Å². The van der Waals surface area contributed by atoms with Crippen LogP contribution in [0.1, 0.15) is 27.7 Å². The molecule has 13 heavy (non-hydrogen) atoms. The summed E-state index contributed by atoms with van der Waals surface area (Å²) >= 11 is -0.403. The Morgan fingerprint density at radius 2 is 1.46 bits per heavy atom. The second kappa shape index (κ2) is 9.84. The van der Waals surface area contributed by atoms with Crippen molar-refractivity contribution < 1.29 is 9.90 Å². The number of hydrogen-bond acceptors (Lipinski definition) is 1. The summed E-state index contributed by atoms with van der Waals surface area (Å²) in [6.07, 6.45) is 0. The summed E-state index contributed by atoms with van der Waals surface area (Å²) in [5.74, 6) is -0.935. The van der Waals surface area contributed by atoms with E-state index in [1.807, 2.05) is 0 Å². The molecule has 0 saturated carbocycles. The van der Waals surface area contributed by atoms with Gasteiger partial charge >= 0.3 is 56.8 Å². The van der Waals surface area contributed by atoms with Gasteiger partial charge in [-0.25, -0.2) is 4.79 Å². The van der Waals surface area contributed by atoms with Gasteiger partial charge in [-0.2, -0.15) is 0 Å². The number of carbonyl (C=O) groups is 1. The Labute approximate surface area is 86.1 Å². The van der Waals surface area contributed by atoms with Crippen molar-refractivity contribution >= 4 is 20.3 Å². The maximum absolute atomic E-state index is 9.60. The van der Waals surface area contributed by atoms with Crippen LogP contribution in [0.15, 0.2) is 12.2 Å². The van der Waals surface area contributed by atoms with Crippen LogP contribution < -0.4 is 0 Å². The Morgan fingerprint density at radius 3 is 1.46 bits per heavy atom. The van der Waals surface area contributed by atoms with Gasteiger partial charge in [0.05, 0.1) is 0 Å². The Kier molecular flexibility index (Phi) is 11.5. The maximum atomic E-state index is 9.60. The molecule has 0 rings (SSSR count). The van der Waals surface area contributed by atoms with E-state index in [1.165, 1.54) is 22.7 Å². The second-order valence-electron chi connectivity index (χ2n) is 2.90. The number of aliphatic carboxylic acids is 1. The van der Waals surface area contributed by atoms with E-state index in [2.05, 4.69) is 27.4 Å². The van der Waals surface area contributed by atoms with E-state index < -0.39 is 20.3 Å². The third-order valence-electron chi connectivity index (χ3n) is 1.87. The average molecular weight is 246 g/mol. The van der Waals surface area contributed by atoms with Crippen molar-refractivity contribution in [2.75, 3.05) is 0 Å². The molecule has 3 heteroatoms. The number of rotatable bonds is 4. The van der Waals surface area contributed by atoms with E-state index in [0.29, 0.717) is 0 Å². The molecule has 0 aromatic carbocycles. The third kappa shape index (κ3) is 11.8. The van der Waals surface area contributed by atoms with Crippen molar-refractivity contribution in [3.05, 3.63) is 12.2 Å². The van der Waals surface area contributed by atoms with Gasteiger partial charge in [-0.15, -0.1) is 0 Å². The molecule has 0 aromatic heterocycles. The van der Waals surface area contributed by atoms with Gasteiger partial charge in [0.15, 0.2) is 0 Å². The van der Waals surface area contributed by atoms with Gasteiger partial charge in [0, 0.05) is 5.57 Å². The van der Waals surface area contributed by atoms with E-state index in [9.17, 15) is 4.79 Å². The van der Waals surface area contributed by atoms with Crippen LogP contribution in [0.3, 0.4) is 0 Å². The van der Waals surface area contributed by atoms with Gasteiger partial charge < -0.3 is 5.11 Å². The second-order valence-corrected chi connectivity index (χ2v) is 10.5. The summed E-state index contributed by atoms with van der Waals surface area (Å²) in [6.45, 7) is 11.6. The summed E-state index contributed by atoms with van der Waals surface area (Å²) < 4.78 is 0. The molecule has 0 amide bonds. The van der Waals surface area contributed by atoms with E-state index in [-0.39, 0.29) is 5.57 Å². The molecule has 0 aromatic rings. The van der Waals surface area contributed by atoms with Crippen molar-refractivity contribution in [2.24, 2.45) is 0 Å². The van der Waals surface area contributed by atoms with E-state index in [4.69, 9.17) is 5.11 Å². The zero-order chi connectivity index (χ0) is 10.9. The van der Waals surface area contributed by atoms with Gasteiger partial charge in [0.25, 0.3) is 0 Å². The molecule has 0 aliphatic rings. The normalized spacial score (nSPS) is 9.00. The predicted molar refractivity (Wildman–Crippen MR) is 59.6 cm³/mol. The van der Waals surface area contributed by atoms with Gasteiger partial charge in [-0.1, -0.05) is 6.58 Å². The summed E-state index contributed by atoms with van der Waals surface area (Å²) in [4.78, 5) is 9.60. The quantitative estimate of drug-likeness (QED) is 0.610. The molecule has 0 saturated heterocycles. The molecule has 0 unspecified atom stereocenters. The zero-order valence-electron chi connectivity index (χ0n) is 9.18. The molecule has 77 valence electrons. The zero-order valence-corrected chi connectivity index (χ0v) is 11.3. The molecular formula is C10H21GeO2. The van der Waals surface area contributed by atoms with Crippen LogP contribution in [0.5, 0.6) is 0 Å². The molecule has 2 nitrogen and oxygen atoms in total. The summed E-state index contributed by atoms with van der Waals surface area (Å²) in [7, 11) is 0. The molecule has 0 aliphatic carbocycles. The van der Waals surface area contributed by atoms with Crippen LogP contribution in [0.25, 0.3) is 0 Å². The third-order valence-corrected chi connectivity index (χ3v) is 8.16. The van der Waals surface area contributed by atoms with Crippen LogP contribution in [-0.2, 0) is 4.79 Å². The van der Waals surface area contributed by atoms with Gasteiger partial charge in [-0.05, 0) is 6.92 Å². The first kappa shape index (κ1) is 15.2. The minimum atomic E-state index is -0.935. The monoisotopic (exact) mass is 247 g/mol. The number of hydrogen-bond donors (Lipinski definition) is 1. The van der Waals surface area contributed by atoms with Crippen molar-refractivity contribution in [1.29, 1.82) is 0 Å². The summed E-state index contributed by atoms with van der Waals surface area (Å²) in [5, 5.41) is 12.5. The Hall–Kier alpha value is -0.247. The first-order valence-corrected chi connectivity index (χ1v) is 9.16. The average Bonchev–Trinajstić information content (AvgIpc) is 2.08. The predicted octanol–water partition coefficient (Wildman–Crippen LogP) is 3.19. The molecule has 0 fully saturated rings. The van der Waals surface area contributed by atoms with Gasteiger partial charge in [0.1, 0.15) is 0 Å². The van der Waals surface area contributed by atoms with Crippen LogP contribution in [0.4, 0.5) is 0 Å². The van der Waals surface area contributed by atoms with E-state index >= 15 is 0 Å². The first-order valence-electron chi connectivity index (χ1n) is 4.71. The first-order chi connectivity index (χ1) is 5.99. The van der Waals surface area contributed by atoms with Gasteiger partial charge in [-0.3, -0.25) is 0 Å². The van der Waals surface area contributed by atoms with Crippen LogP contribution >= 0.6 is 0 Å². The Bertz CT molecular complexity index is 133. The molecule has 0 bridgehead atoms. The molecule has 0 atom stereocenters. The van der Waals surface area contributed by atoms with Crippen LogP contribution in [0.2, 0.25) is 15.8 Å². The van der Waals surface area contributed by atoms with Crippen molar-refractivity contribution in [3.8, 4) is 0 Å². The molecule has 0 spiro atoms. The fraction of sp³-hybridized carbons (Fsp3) is 0.700. The van der Waals surface area contributed by atoms with Crippen molar-refractivity contribution in [3.63, 3.8) is 0 Å². The molecule has 0 aliphatic heterocycles. The van der Waals surface area contributed by atoms with E-state index in [1.54, 1.807) is 0 Å². The number of carboxylic acid groups (broad SMARTS) is 1. The fourth-order valence-corrected chi connectivity index (χ4v) is 3.90. The van der Waals surface area contributed by atoms with Crippen LogP contribution in [-0.4, -0.2) is 25.4 Å². The minimum absolute atomic E-state index is 0.176. The molecule has 0 heterocycles.